The molecule has 2 atom stereocenters. The van der Waals surface area contributed by atoms with Crippen LogP contribution in [0.4, 0.5) is 0 Å². The van der Waals surface area contributed by atoms with Gasteiger partial charge in [-0.05, 0) is 57.9 Å². The Balaban J connectivity index is 2.43. The van der Waals surface area contributed by atoms with Gasteiger partial charge in [-0.15, -0.1) is 0 Å². The number of rotatable bonds is 4. The normalized spacial score (nSPS) is 21.8. The standard InChI is InChI=1S/C18H24ClN3O/c1-18(2,12-20)16-9-5-8-15(22(16)17(23)11-21-3)13-6-4-7-14(19)10-13/h4,6-7,10,15-16,21H,5,8-9,11H2,1-3H3. The van der Waals surface area contributed by atoms with Gasteiger partial charge in [0.15, 0.2) is 0 Å². The molecule has 1 aromatic carbocycles. The fourth-order valence-corrected chi connectivity index (χ4v) is 3.61. The summed E-state index contributed by atoms with van der Waals surface area (Å²) in [5.41, 5.74) is 0.459. The smallest absolute Gasteiger partial charge is 0.237 e. The third-order valence-electron chi connectivity index (χ3n) is 4.60. The molecular weight excluding hydrogens is 310 g/mol. The average molecular weight is 334 g/mol. The molecule has 124 valence electrons. The summed E-state index contributed by atoms with van der Waals surface area (Å²) >= 11 is 6.14. The molecule has 0 aliphatic carbocycles. The molecule has 23 heavy (non-hydrogen) atoms. The lowest BCUT2D eigenvalue weighted by molar-refractivity contribution is -0.140. The van der Waals surface area contributed by atoms with Gasteiger partial charge in [-0.2, -0.15) is 5.26 Å². The number of hydrogen-bond donors (Lipinski definition) is 1. The van der Waals surface area contributed by atoms with Crippen LogP contribution in [0.1, 0.15) is 44.7 Å². The number of benzene rings is 1. The van der Waals surface area contributed by atoms with Gasteiger partial charge in [-0.1, -0.05) is 23.7 Å². The van der Waals surface area contributed by atoms with E-state index in [1.165, 1.54) is 0 Å². The van der Waals surface area contributed by atoms with E-state index in [2.05, 4.69) is 11.4 Å². The molecule has 1 fully saturated rings. The van der Waals surface area contributed by atoms with E-state index in [1.54, 1.807) is 7.05 Å². The molecular formula is C18H24ClN3O. The highest BCUT2D eigenvalue weighted by atomic mass is 35.5. The molecule has 1 heterocycles. The quantitative estimate of drug-likeness (QED) is 0.917. The van der Waals surface area contributed by atoms with E-state index in [-0.39, 0.29) is 24.5 Å². The second kappa shape index (κ2) is 7.33. The highest BCUT2D eigenvalue weighted by molar-refractivity contribution is 6.30. The van der Waals surface area contributed by atoms with Crippen molar-refractivity contribution in [3.8, 4) is 6.07 Å². The second-order valence-electron chi connectivity index (χ2n) is 6.68. The first-order valence-corrected chi connectivity index (χ1v) is 8.41. The SMILES string of the molecule is CNCC(=O)N1C(c2cccc(Cl)c2)CCCC1C(C)(C)C#N. The van der Waals surface area contributed by atoms with Crippen molar-refractivity contribution in [3.63, 3.8) is 0 Å². The summed E-state index contributed by atoms with van der Waals surface area (Å²) in [6.07, 6.45) is 2.75. The number of likely N-dealkylation sites (tertiary alicyclic amines) is 1. The zero-order valence-corrected chi connectivity index (χ0v) is 14.7. The van der Waals surface area contributed by atoms with Crippen LogP contribution in [0.3, 0.4) is 0 Å². The van der Waals surface area contributed by atoms with Gasteiger partial charge < -0.3 is 10.2 Å². The third kappa shape index (κ3) is 3.85. The molecule has 1 aromatic rings. The van der Waals surface area contributed by atoms with Gasteiger partial charge in [0.1, 0.15) is 0 Å². The maximum absolute atomic E-state index is 12.8. The zero-order valence-electron chi connectivity index (χ0n) is 14.0. The Bertz CT molecular complexity index is 609. The van der Waals surface area contributed by atoms with Gasteiger partial charge in [0, 0.05) is 5.02 Å². The van der Waals surface area contributed by atoms with Crippen LogP contribution in [0, 0.1) is 16.7 Å². The fourth-order valence-electron chi connectivity index (χ4n) is 3.41. The van der Waals surface area contributed by atoms with Crippen molar-refractivity contribution < 1.29 is 4.79 Å². The van der Waals surface area contributed by atoms with Crippen molar-refractivity contribution in [1.29, 1.82) is 5.26 Å². The Hall–Kier alpha value is -1.57. The first-order chi connectivity index (χ1) is 10.9. The minimum atomic E-state index is -0.583. The number of nitrogens with zero attached hydrogens (tertiary/aromatic N) is 2. The van der Waals surface area contributed by atoms with E-state index < -0.39 is 5.41 Å². The summed E-state index contributed by atoms with van der Waals surface area (Å²) in [5.74, 6) is 0.0329. The molecule has 1 aliphatic heterocycles. The van der Waals surface area contributed by atoms with E-state index in [0.29, 0.717) is 5.02 Å². The van der Waals surface area contributed by atoms with E-state index in [4.69, 9.17) is 11.6 Å². The summed E-state index contributed by atoms with van der Waals surface area (Å²) < 4.78 is 0. The first kappa shape index (κ1) is 17.8. The Labute approximate surface area is 143 Å². The molecule has 1 amide bonds. The molecule has 0 saturated carbocycles. The molecule has 5 heteroatoms. The topological polar surface area (TPSA) is 56.1 Å². The van der Waals surface area contributed by atoms with Crippen molar-refractivity contribution in [3.05, 3.63) is 34.9 Å². The van der Waals surface area contributed by atoms with Gasteiger partial charge in [0.25, 0.3) is 0 Å². The molecule has 1 saturated heterocycles. The summed E-state index contributed by atoms with van der Waals surface area (Å²) in [6.45, 7) is 4.10. The molecule has 2 rings (SSSR count). The van der Waals surface area contributed by atoms with E-state index >= 15 is 0 Å². The summed E-state index contributed by atoms with van der Waals surface area (Å²) in [5, 5.41) is 13.2. The molecule has 2 unspecified atom stereocenters. The highest BCUT2D eigenvalue weighted by Gasteiger charge is 2.42. The predicted molar refractivity (Wildman–Crippen MR) is 92.0 cm³/mol. The molecule has 0 spiro atoms. The number of nitriles is 1. The van der Waals surface area contributed by atoms with Crippen LogP contribution in [0.2, 0.25) is 5.02 Å². The van der Waals surface area contributed by atoms with Crippen LogP contribution in [-0.4, -0.2) is 30.4 Å². The summed E-state index contributed by atoms with van der Waals surface area (Å²) in [4.78, 5) is 14.7. The van der Waals surface area contributed by atoms with Crippen LogP contribution in [0.25, 0.3) is 0 Å². The predicted octanol–water partition coefficient (Wildman–Crippen LogP) is 3.53. The molecule has 0 bridgehead atoms. The fraction of sp³-hybridized carbons (Fsp3) is 0.556. The first-order valence-electron chi connectivity index (χ1n) is 8.03. The van der Waals surface area contributed by atoms with Gasteiger partial charge in [0.05, 0.1) is 30.1 Å². The van der Waals surface area contributed by atoms with Crippen molar-refractivity contribution in [1.82, 2.24) is 10.2 Å². The number of carbonyl (C=O) groups excluding carboxylic acids is 1. The lowest BCUT2D eigenvalue weighted by Crippen LogP contribution is -2.53. The largest absolute Gasteiger partial charge is 0.330 e. The second-order valence-corrected chi connectivity index (χ2v) is 7.12. The monoisotopic (exact) mass is 333 g/mol. The number of carbonyl (C=O) groups is 1. The van der Waals surface area contributed by atoms with Crippen molar-refractivity contribution in [2.45, 2.75) is 45.2 Å². The minimum Gasteiger partial charge on any atom is -0.330 e. The Kier molecular flexibility index (Phi) is 5.67. The van der Waals surface area contributed by atoms with Crippen LogP contribution in [0.15, 0.2) is 24.3 Å². The molecule has 1 aliphatic rings. The van der Waals surface area contributed by atoms with Gasteiger partial charge >= 0.3 is 0 Å². The average Bonchev–Trinajstić information content (AvgIpc) is 2.54. The zero-order chi connectivity index (χ0) is 17.0. The van der Waals surface area contributed by atoms with E-state index in [0.717, 1.165) is 24.8 Å². The molecule has 0 aromatic heterocycles. The number of halogens is 1. The highest BCUT2D eigenvalue weighted by Crippen LogP contribution is 2.41. The van der Waals surface area contributed by atoms with E-state index in [9.17, 15) is 10.1 Å². The number of nitrogens with one attached hydrogen (secondary N) is 1. The lowest BCUT2D eigenvalue weighted by Gasteiger charge is -2.47. The molecule has 0 radical (unpaired) electrons. The van der Waals surface area contributed by atoms with Gasteiger partial charge in [-0.25, -0.2) is 0 Å². The summed E-state index contributed by atoms with van der Waals surface area (Å²) in [6, 6.07) is 9.95. The van der Waals surface area contributed by atoms with Crippen molar-refractivity contribution in [2.24, 2.45) is 5.41 Å². The minimum absolute atomic E-state index is 0.0269. The lowest BCUT2D eigenvalue weighted by atomic mass is 9.77. The van der Waals surface area contributed by atoms with Gasteiger partial charge in [-0.3, -0.25) is 4.79 Å². The van der Waals surface area contributed by atoms with Crippen LogP contribution < -0.4 is 5.32 Å². The number of likely N-dealkylation sites (N-methyl/N-ethyl adjacent to an activating group) is 1. The number of amides is 1. The van der Waals surface area contributed by atoms with Crippen LogP contribution >= 0.6 is 11.6 Å². The van der Waals surface area contributed by atoms with E-state index in [1.807, 2.05) is 43.0 Å². The van der Waals surface area contributed by atoms with Crippen LogP contribution in [-0.2, 0) is 4.79 Å². The third-order valence-corrected chi connectivity index (χ3v) is 4.83. The van der Waals surface area contributed by atoms with Crippen LogP contribution in [0.5, 0.6) is 0 Å². The summed E-state index contributed by atoms with van der Waals surface area (Å²) in [7, 11) is 1.76. The molecule has 1 N–H and O–H groups in total. The Morgan fingerprint density at radius 3 is 2.83 bits per heavy atom. The number of hydrogen-bond acceptors (Lipinski definition) is 3. The van der Waals surface area contributed by atoms with Crippen molar-refractivity contribution in [2.75, 3.05) is 13.6 Å². The number of piperidine rings is 1. The molecule has 4 nitrogen and oxygen atoms in total. The maximum atomic E-state index is 12.8. The Morgan fingerprint density at radius 2 is 2.22 bits per heavy atom. The maximum Gasteiger partial charge on any atom is 0.237 e. The van der Waals surface area contributed by atoms with Crippen molar-refractivity contribution >= 4 is 17.5 Å². The Morgan fingerprint density at radius 1 is 1.48 bits per heavy atom. The van der Waals surface area contributed by atoms with Gasteiger partial charge in [0.2, 0.25) is 5.91 Å².